The van der Waals surface area contributed by atoms with Gasteiger partial charge < -0.3 is 10.4 Å². The van der Waals surface area contributed by atoms with Crippen molar-refractivity contribution in [2.24, 2.45) is 5.92 Å². The molecule has 0 aliphatic rings. The van der Waals surface area contributed by atoms with Gasteiger partial charge in [0.2, 0.25) is 0 Å². The van der Waals surface area contributed by atoms with E-state index in [1.807, 2.05) is 0 Å². The Morgan fingerprint density at radius 3 is 2.76 bits per heavy atom. The van der Waals surface area contributed by atoms with E-state index in [-0.39, 0.29) is 11.3 Å². The molecule has 0 spiro atoms. The van der Waals surface area contributed by atoms with Crippen molar-refractivity contribution >= 4 is 11.7 Å². The van der Waals surface area contributed by atoms with Gasteiger partial charge in [-0.25, -0.2) is 9.18 Å². The lowest BCUT2D eigenvalue weighted by atomic mass is 10.1. The molecule has 0 amide bonds. The molecular formula is C13H18FNO2. The molecule has 0 bridgehead atoms. The molecule has 2 N–H and O–H groups in total. The Kier molecular flexibility index (Phi) is 4.94. The number of benzene rings is 1. The first kappa shape index (κ1) is 13.5. The Morgan fingerprint density at radius 1 is 1.47 bits per heavy atom. The molecule has 0 fully saturated rings. The number of carbonyl (C=O) groups is 1. The summed E-state index contributed by atoms with van der Waals surface area (Å²) >= 11 is 0. The Morgan fingerprint density at radius 2 is 2.18 bits per heavy atom. The summed E-state index contributed by atoms with van der Waals surface area (Å²) in [6.07, 6.45) is 1.93. The number of aromatic carboxylic acids is 1. The second-order valence-corrected chi connectivity index (χ2v) is 4.43. The van der Waals surface area contributed by atoms with E-state index >= 15 is 0 Å². The average molecular weight is 239 g/mol. The molecule has 94 valence electrons. The van der Waals surface area contributed by atoms with Gasteiger partial charge in [-0.05, 0) is 30.9 Å². The normalized spacial score (nSPS) is 10.6. The maximum Gasteiger partial charge on any atom is 0.337 e. The fourth-order valence-electron chi connectivity index (χ4n) is 1.61. The molecule has 0 aliphatic carbocycles. The van der Waals surface area contributed by atoms with Crippen LogP contribution in [-0.4, -0.2) is 17.6 Å². The van der Waals surface area contributed by atoms with Gasteiger partial charge in [-0.1, -0.05) is 19.9 Å². The maximum atomic E-state index is 13.5. The first-order chi connectivity index (χ1) is 8.02. The maximum absolute atomic E-state index is 13.5. The van der Waals surface area contributed by atoms with Gasteiger partial charge in [0.1, 0.15) is 5.82 Å². The van der Waals surface area contributed by atoms with Crippen LogP contribution in [0.25, 0.3) is 0 Å². The van der Waals surface area contributed by atoms with Crippen molar-refractivity contribution < 1.29 is 14.3 Å². The molecule has 0 radical (unpaired) electrons. The molecule has 4 heteroatoms. The highest BCUT2D eigenvalue weighted by molar-refractivity contribution is 5.94. The fourth-order valence-corrected chi connectivity index (χ4v) is 1.61. The third kappa shape index (κ3) is 4.06. The molecule has 0 aliphatic heterocycles. The second kappa shape index (κ2) is 6.23. The van der Waals surface area contributed by atoms with Gasteiger partial charge >= 0.3 is 5.97 Å². The van der Waals surface area contributed by atoms with Crippen LogP contribution in [0.2, 0.25) is 0 Å². The number of nitrogens with one attached hydrogen (secondary N) is 1. The van der Waals surface area contributed by atoms with Crippen molar-refractivity contribution in [1.82, 2.24) is 0 Å². The van der Waals surface area contributed by atoms with Gasteiger partial charge in [-0.3, -0.25) is 0 Å². The minimum absolute atomic E-state index is 0.0189. The van der Waals surface area contributed by atoms with E-state index in [0.29, 0.717) is 12.5 Å². The van der Waals surface area contributed by atoms with Crippen molar-refractivity contribution in [3.8, 4) is 0 Å². The Bertz CT molecular complexity index is 391. The summed E-state index contributed by atoms with van der Waals surface area (Å²) in [5.41, 5.74) is 0.0679. The monoisotopic (exact) mass is 239 g/mol. The molecular weight excluding hydrogens is 221 g/mol. The largest absolute Gasteiger partial charge is 0.478 e. The number of rotatable bonds is 6. The van der Waals surface area contributed by atoms with E-state index < -0.39 is 11.8 Å². The van der Waals surface area contributed by atoms with E-state index in [1.165, 1.54) is 18.2 Å². The van der Waals surface area contributed by atoms with Gasteiger partial charge in [-0.15, -0.1) is 0 Å². The van der Waals surface area contributed by atoms with Crippen LogP contribution in [0.3, 0.4) is 0 Å². The summed E-state index contributed by atoms with van der Waals surface area (Å²) in [6.45, 7) is 4.82. The number of para-hydroxylation sites is 1. The number of carboxylic acid groups (broad SMARTS) is 1. The lowest BCUT2D eigenvalue weighted by molar-refractivity contribution is 0.0697. The first-order valence-corrected chi connectivity index (χ1v) is 5.78. The van der Waals surface area contributed by atoms with Crippen molar-refractivity contribution in [1.29, 1.82) is 0 Å². The minimum Gasteiger partial charge on any atom is -0.478 e. The van der Waals surface area contributed by atoms with Crippen molar-refractivity contribution in [3.05, 3.63) is 29.6 Å². The second-order valence-electron chi connectivity index (χ2n) is 4.43. The van der Waals surface area contributed by atoms with E-state index in [2.05, 4.69) is 19.2 Å². The summed E-state index contributed by atoms with van der Waals surface area (Å²) in [5, 5.41) is 11.8. The number of carboxylic acids is 1. The van der Waals surface area contributed by atoms with Crippen LogP contribution in [0.1, 0.15) is 37.0 Å². The first-order valence-electron chi connectivity index (χ1n) is 5.78. The highest BCUT2D eigenvalue weighted by Crippen LogP contribution is 2.20. The Labute approximate surface area is 101 Å². The standard InChI is InChI=1S/C13H18FNO2/c1-9(2)5-4-8-15-12-10(13(16)17)6-3-7-11(12)14/h3,6-7,9,15H,4-5,8H2,1-2H3,(H,16,17). The molecule has 0 heterocycles. The van der Waals surface area contributed by atoms with Gasteiger partial charge in [-0.2, -0.15) is 0 Å². The van der Waals surface area contributed by atoms with Gasteiger partial charge in [0, 0.05) is 6.54 Å². The number of hydrogen-bond donors (Lipinski definition) is 2. The van der Waals surface area contributed by atoms with E-state index in [0.717, 1.165) is 12.8 Å². The SMILES string of the molecule is CC(C)CCCNc1c(F)cccc1C(=O)O. The Balaban J connectivity index is 2.66. The third-order valence-corrected chi connectivity index (χ3v) is 2.50. The van der Waals surface area contributed by atoms with E-state index in [1.54, 1.807) is 0 Å². The van der Waals surface area contributed by atoms with Gasteiger partial charge in [0.05, 0.1) is 11.3 Å². The van der Waals surface area contributed by atoms with Crippen LogP contribution in [0.15, 0.2) is 18.2 Å². The van der Waals surface area contributed by atoms with Crippen LogP contribution >= 0.6 is 0 Å². The predicted octanol–water partition coefficient (Wildman–Crippen LogP) is 3.37. The average Bonchev–Trinajstić information content (AvgIpc) is 2.25. The molecule has 1 aromatic rings. The lowest BCUT2D eigenvalue weighted by Crippen LogP contribution is -2.10. The zero-order chi connectivity index (χ0) is 12.8. The van der Waals surface area contributed by atoms with Crippen LogP contribution < -0.4 is 5.32 Å². The highest BCUT2D eigenvalue weighted by atomic mass is 19.1. The molecule has 0 unspecified atom stereocenters. The molecule has 3 nitrogen and oxygen atoms in total. The summed E-state index contributed by atoms with van der Waals surface area (Å²) in [6, 6.07) is 4.06. The summed E-state index contributed by atoms with van der Waals surface area (Å²) in [4.78, 5) is 10.9. The zero-order valence-corrected chi connectivity index (χ0v) is 10.2. The van der Waals surface area contributed by atoms with Crippen molar-refractivity contribution in [3.63, 3.8) is 0 Å². The van der Waals surface area contributed by atoms with Gasteiger partial charge in [0.15, 0.2) is 0 Å². The van der Waals surface area contributed by atoms with Crippen LogP contribution in [-0.2, 0) is 0 Å². The third-order valence-electron chi connectivity index (χ3n) is 2.50. The molecule has 0 saturated heterocycles. The summed E-state index contributed by atoms with van der Waals surface area (Å²) in [5.74, 6) is -1.04. The molecule has 0 saturated carbocycles. The van der Waals surface area contributed by atoms with Crippen LogP contribution in [0, 0.1) is 11.7 Å². The summed E-state index contributed by atoms with van der Waals surface area (Å²) < 4.78 is 13.5. The van der Waals surface area contributed by atoms with E-state index in [9.17, 15) is 9.18 Å². The number of hydrogen-bond acceptors (Lipinski definition) is 2. The number of anilines is 1. The molecule has 0 atom stereocenters. The van der Waals surface area contributed by atoms with Crippen molar-refractivity contribution in [2.45, 2.75) is 26.7 Å². The fraction of sp³-hybridized carbons (Fsp3) is 0.462. The lowest BCUT2D eigenvalue weighted by Gasteiger charge is -2.11. The zero-order valence-electron chi connectivity index (χ0n) is 10.2. The van der Waals surface area contributed by atoms with Crippen molar-refractivity contribution in [2.75, 3.05) is 11.9 Å². The highest BCUT2D eigenvalue weighted by Gasteiger charge is 2.13. The van der Waals surface area contributed by atoms with E-state index in [4.69, 9.17) is 5.11 Å². The summed E-state index contributed by atoms with van der Waals surface area (Å²) in [7, 11) is 0. The topological polar surface area (TPSA) is 49.3 Å². The molecule has 1 aromatic carbocycles. The molecule has 17 heavy (non-hydrogen) atoms. The Hall–Kier alpha value is -1.58. The molecule has 0 aromatic heterocycles. The smallest absolute Gasteiger partial charge is 0.337 e. The predicted molar refractivity (Wildman–Crippen MR) is 65.9 cm³/mol. The van der Waals surface area contributed by atoms with Crippen LogP contribution in [0.4, 0.5) is 10.1 Å². The molecule has 1 rings (SSSR count). The minimum atomic E-state index is -1.11. The quantitative estimate of drug-likeness (QED) is 0.748. The van der Waals surface area contributed by atoms with Gasteiger partial charge in [0.25, 0.3) is 0 Å². The number of halogens is 1. The van der Waals surface area contributed by atoms with Crippen LogP contribution in [0.5, 0.6) is 0 Å².